The third kappa shape index (κ3) is 2.47. The smallest absolute Gasteiger partial charge is 0.0766 e. The van der Waals surface area contributed by atoms with Gasteiger partial charge in [0.05, 0.1) is 4.08 Å². The molecule has 0 spiro atoms. The second kappa shape index (κ2) is 5.06. The van der Waals surface area contributed by atoms with Crippen LogP contribution in [0.3, 0.4) is 0 Å². The standard InChI is InChI=1S/C15H17NS2/c1-15(17-9-4-10-18-15)8-7-12-11-16-14-6-3-2-5-13(12)14/h2-3,5-8,11,16H,4,9-10H2,1H3/b8-7+. The van der Waals surface area contributed by atoms with Gasteiger partial charge in [0.25, 0.3) is 0 Å². The van der Waals surface area contributed by atoms with Gasteiger partial charge in [-0.3, -0.25) is 0 Å². The van der Waals surface area contributed by atoms with Gasteiger partial charge in [-0.1, -0.05) is 30.4 Å². The van der Waals surface area contributed by atoms with Gasteiger partial charge >= 0.3 is 0 Å². The summed E-state index contributed by atoms with van der Waals surface area (Å²) in [4.78, 5) is 3.32. The first-order chi connectivity index (χ1) is 8.77. The topological polar surface area (TPSA) is 15.8 Å². The molecule has 1 fully saturated rings. The van der Waals surface area contributed by atoms with Crippen LogP contribution in [-0.4, -0.2) is 20.6 Å². The van der Waals surface area contributed by atoms with E-state index in [1.807, 2.05) is 0 Å². The van der Waals surface area contributed by atoms with Crippen molar-refractivity contribution in [1.82, 2.24) is 4.98 Å². The fourth-order valence-electron chi connectivity index (χ4n) is 2.22. The second-order valence-corrected chi connectivity index (χ2v) is 8.04. The highest BCUT2D eigenvalue weighted by Gasteiger charge is 2.24. The minimum absolute atomic E-state index is 0.247. The summed E-state index contributed by atoms with van der Waals surface area (Å²) in [6.07, 6.45) is 8.07. The molecule has 0 saturated carbocycles. The summed E-state index contributed by atoms with van der Waals surface area (Å²) in [5, 5.41) is 1.31. The molecule has 1 aliphatic heterocycles. The molecule has 0 bridgehead atoms. The predicted octanol–water partition coefficient (Wildman–Crippen LogP) is 4.77. The van der Waals surface area contributed by atoms with Crippen molar-refractivity contribution < 1.29 is 0 Å². The summed E-state index contributed by atoms with van der Waals surface area (Å²) in [6.45, 7) is 2.33. The van der Waals surface area contributed by atoms with Gasteiger partial charge in [0, 0.05) is 17.1 Å². The maximum absolute atomic E-state index is 3.32. The highest BCUT2D eigenvalue weighted by Crippen LogP contribution is 2.43. The lowest BCUT2D eigenvalue weighted by Gasteiger charge is -2.29. The van der Waals surface area contributed by atoms with E-state index in [0.717, 1.165) is 0 Å². The van der Waals surface area contributed by atoms with E-state index in [-0.39, 0.29) is 4.08 Å². The third-order valence-corrected chi connectivity index (χ3v) is 6.36. The van der Waals surface area contributed by atoms with E-state index in [4.69, 9.17) is 0 Å². The van der Waals surface area contributed by atoms with Crippen molar-refractivity contribution in [1.29, 1.82) is 0 Å². The van der Waals surface area contributed by atoms with Crippen LogP contribution in [0.15, 0.2) is 36.5 Å². The zero-order valence-electron chi connectivity index (χ0n) is 10.5. The van der Waals surface area contributed by atoms with Gasteiger partial charge in [0.15, 0.2) is 0 Å². The van der Waals surface area contributed by atoms with Gasteiger partial charge in [-0.2, -0.15) is 0 Å². The van der Waals surface area contributed by atoms with Crippen LogP contribution in [0.5, 0.6) is 0 Å². The summed E-state index contributed by atoms with van der Waals surface area (Å²) in [6, 6.07) is 8.47. The van der Waals surface area contributed by atoms with Crippen molar-refractivity contribution in [3.05, 3.63) is 42.1 Å². The van der Waals surface area contributed by atoms with E-state index in [1.54, 1.807) is 0 Å². The summed E-state index contributed by atoms with van der Waals surface area (Å²) < 4.78 is 0.247. The Labute approximate surface area is 116 Å². The van der Waals surface area contributed by atoms with Crippen LogP contribution in [-0.2, 0) is 0 Å². The molecule has 1 nitrogen and oxygen atoms in total. The van der Waals surface area contributed by atoms with Crippen molar-refractivity contribution in [2.24, 2.45) is 0 Å². The highest BCUT2D eigenvalue weighted by atomic mass is 32.2. The number of aromatic amines is 1. The molecule has 1 saturated heterocycles. The number of aromatic nitrogens is 1. The number of para-hydroxylation sites is 1. The molecule has 2 aromatic rings. The summed E-state index contributed by atoms with van der Waals surface area (Å²) in [5.74, 6) is 2.56. The Balaban J connectivity index is 1.87. The molecule has 0 amide bonds. The first kappa shape index (κ1) is 12.2. The molecule has 0 unspecified atom stereocenters. The fourth-order valence-corrected chi connectivity index (χ4v) is 4.95. The molecule has 0 atom stereocenters. The number of thioether (sulfide) groups is 2. The lowest BCUT2D eigenvalue weighted by atomic mass is 10.1. The van der Waals surface area contributed by atoms with Gasteiger partial charge in [-0.25, -0.2) is 0 Å². The molecule has 1 aliphatic rings. The normalized spacial score (nSPS) is 19.6. The lowest BCUT2D eigenvalue weighted by Crippen LogP contribution is -2.17. The Morgan fingerprint density at radius 2 is 2.00 bits per heavy atom. The molecule has 0 aliphatic carbocycles. The van der Waals surface area contributed by atoms with Crippen LogP contribution < -0.4 is 0 Å². The van der Waals surface area contributed by atoms with Gasteiger partial charge in [0.1, 0.15) is 0 Å². The van der Waals surface area contributed by atoms with Crippen LogP contribution in [0, 0.1) is 0 Å². The maximum Gasteiger partial charge on any atom is 0.0766 e. The molecule has 1 N–H and O–H groups in total. The SMILES string of the molecule is CC1(/C=C/c2c[nH]c3ccccc23)SCCCS1. The van der Waals surface area contributed by atoms with Crippen LogP contribution in [0.2, 0.25) is 0 Å². The zero-order valence-corrected chi connectivity index (χ0v) is 12.1. The molecule has 3 heteroatoms. The van der Waals surface area contributed by atoms with E-state index in [2.05, 4.69) is 78.0 Å². The molecular weight excluding hydrogens is 258 g/mol. The van der Waals surface area contributed by atoms with Gasteiger partial charge < -0.3 is 4.98 Å². The van der Waals surface area contributed by atoms with Crippen molar-refractivity contribution >= 4 is 40.5 Å². The molecule has 94 valence electrons. The highest BCUT2D eigenvalue weighted by molar-refractivity contribution is 8.19. The average molecular weight is 275 g/mol. The quantitative estimate of drug-likeness (QED) is 0.849. The summed E-state index contributed by atoms with van der Waals surface area (Å²) in [7, 11) is 0. The monoisotopic (exact) mass is 275 g/mol. The van der Waals surface area contributed by atoms with Crippen molar-refractivity contribution in [2.45, 2.75) is 17.4 Å². The Hall–Kier alpha value is -0.800. The number of fused-ring (bicyclic) bond motifs is 1. The Morgan fingerprint density at radius 3 is 2.83 bits per heavy atom. The van der Waals surface area contributed by atoms with Gasteiger partial charge in [0.2, 0.25) is 0 Å². The first-order valence-corrected chi connectivity index (χ1v) is 8.27. The minimum atomic E-state index is 0.247. The van der Waals surface area contributed by atoms with E-state index < -0.39 is 0 Å². The molecule has 1 aromatic heterocycles. The third-order valence-electron chi connectivity index (χ3n) is 3.25. The summed E-state index contributed by atoms with van der Waals surface area (Å²) >= 11 is 4.12. The number of hydrogen-bond donors (Lipinski definition) is 1. The van der Waals surface area contributed by atoms with E-state index >= 15 is 0 Å². The molecule has 18 heavy (non-hydrogen) atoms. The zero-order chi connectivity index (χ0) is 12.4. The number of benzene rings is 1. The largest absolute Gasteiger partial charge is 0.361 e. The number of hydrogen-bond acceptors (Lipinski definition) is 2. The van der Waals surface area contributed by atoms with Crippen LogP contribution >= 0.6 is 23.5 Å². The molecule has 0 radical (unpaired) electrons. The van der Waals surface area contributed by atoms with Crippen LogP contribution in [0.25, 0.3) is 17.0 Å². The fraction of sp³-hybridized carbons (Fsp3) is 0.333. The molecule has 2 heterocycles. The first-order valence-electron chi connectivity index (χ1n) is 6.30. The van der Waals surface area contributed by atoms with Gasteiger partial charge in [-0.15, -0.1) is 23.5 Å². The maximum atomic E-state index is 3.32. The Kier molecular flexibility index (Phi) is 3.44. The number of rotatable bonds is 2. The van der Waals surface area contributed by atoms with Crippen molar-refractivity contribution in [3.8, 4) is 0 Å². The van der Waals surface area contributed by atoms with E-state index in [9.17, 15) is 0 Å². The van der Waals surface area contributed by atoms with Gasteiger partial charge in [-0.05, 0) is 36.5 Å². The minimum Gasteiger partial charge on any atom is -0.361 e. The Bertz CT molecular complexity index is 565. The second-order valence-electron chi connectivity index (χ2n) is 4.69. The lowest BCUT2D eigenvalue weighted by molar-refractivity contribution is 1.05. The molecule has 3 rings (SSSR count). The average Bonchev–Trinajstić information content (AvgIpc) is 2.81. The molecular formula is C15H17NS2. The van der Waals surface area contributed by atoms with E-state index in [1.165, 1.54) is 34.4 Å². The van der Waals surface area contributed by atoms with Crippen LogP contribution in [0.4, 0.5) is 0 Å². The summed E-state index contributed by atoms with van der Waals surface area (Å²) in [5.41, 5.74) is 2.50. The number of nitrogens with one attached hydrogen (secondary N) is 1. The Morgan fingerprint density at radius 1 is 1.22 bits per heavy atom. The molecule has 1 aromatic carbocycles. The van der Waals surface area contributed by atoms with Crippen molar-refractivity contribution in [3.63, 3.8) is 0 Å². The predicted molar refractivity (Wildman–Crippen MR) is 85.3 cm³/mol. The van der Waals surface area contributed by atoms with Crippen molar-refractivity contribution in [2.75, 3.05) is 11.5 Å². The van der Waals surface area contributed by atoms with Crippen LogP contribution in [0.1, 0.15) is 18.9 Å². The number of H-pyrrole nitrogens is 1. The van der Waals surface area contributed by atoms with E-state index in [0.29, 0.717) is 0 Å².